The Morgan fingerprint density at radius 2 is 0.713 bits per heavy atom. The van der Waals surface area contributed by atoms with Crippen molar-refractivity contribution in [2.75, 3.05) is 47.5 Å². The maximum absolute atomic E-state index is 12.8. The first kappa shape index (κ1) is 77.5. The van der Waals surface area contributed by atoms with E-state index in [0.29, 0.717) is 17.4 Å². The lowest BCUT2D eigenvalue weighted by atomic mass is 10.0. The molecule has 0 spiro atoms. The fourth-order valence-electron chi connectivity index (χ4n) is 9.60. The largest absolute Gasteiger partial charge is 0.756 e. The zero-order valence-electron chi connectivity index (χ0n) is 53.0. The molecule has 9 nitrogen and oxygen atoms in total. The van der Waals surface area contributed by atoms with E-state index >= 15 is 0 Å². The second-order valence-corrected chi connectivity index (χ2v) is 25.2. The maximum atomic E-state index is 12.8. The smallest absolute Gasteiger partial charge is 0.306 e. The van der Waals surface area contributed by atoms with Gasteiger partial charge in [0.1, 0.15) is 19.8 Å². The molecule has 0 aliphatic heterocycles. The number of unbranched alkanes of at least 4 members (excludes halogenated alkanes) is 36. The predicted octanol–water partition coefficient (Wildman–Crippen LogP) is 21.0. The van der Waals surface area contributed by atoms with Crippen LogP contribution >= 0.6 is 7.82 Å². The number of likely N-dealkylation sites (N-methyl/N-ethyl adjacent to an activating group) is 1. The normalized spacial score (nSPS) is 13.6. The van der Waals surface area contributed by atoms with E-state index in [1.165, 1.54) is 205 Å². The molecule has 2 unspecified atom stereocenters. The molecular weight excluding hydrogens is 1010 g/mol. The van der Waals surface area contributed by atoms with Crippen LogP contribution in [0.5, 0.6) is 0 Å². The summed E-state index contributed by atoms with van der Waals surface area (Å²) in [6.07, 6.45) is 81.3. The number of hydrogen-bond donors (Lipinski definition) is 0. The standard InChI is InChI=1S/C70H128NO8P/c1-6-8-10-12-14-16-18-20-22-23-24-25-26-27-28-29-30-31-32-33-34-35-36-37-38-39-40-41-42-43-44-45-46-47-49-51-53-55-57-59-61-63-70(73)79-68(67-78-80(74,75)77-65-64-71(3,4)5)66-76-69(72)62-60-58-56-54-52-50-48-21-19-17-15-13-11-9-7-2/h8,10,14,16,20,22,24-25,27-28,30-31,68H,6-7,9,11-13,15,17-19,21,23,26,29,32-67H2,1-5H3/b10-8-,16-14-,22-20-,25-24-,28-27-,31-30-. The number of allylic oxidation sites excluding steroid dienone is 12. The summed E-state index contributed by atoms with van der Waals surface area (Å²) >= 11 is 0. The number of carbonyl (C=O) groups excluding carboxylic acids is 2. The van der Waals surface area contributed by atoms with Crippen molar-refractivity contribution >= 4 is 19.8 Å². The molecule has 0 amide bonds. The highest BCUT2D eigenvalue weighted by Gasteiger charge is 2.22. The minimum absolute atomic E-state index is 0.0288. The Hall–Kier alpha value is -2.55. The fraction of sp³-hybridized carbons (Fsp3) is 0.800. The van der Waals surface area contributed by atoms with Gasteiger partial charge in [-0.2, -0.15) is 0 Å². The third-order valence-corrected chi connectivity index (χ3v) is 15.7. The predicted molar refractivity (Wildman–Crippen MR) is 342 cm³/mol. The van der Waals surface area contributed by atoms with Crippen LogP contribution in [0.15, 0.2) is 72.9 Å². The summed E-state index contributed by atoms with van der Waals surface area (Å²) in [6, 6.07) is 0. The van der Waals surface area contributed by atoms with Gasteiger partial charge in [0, 0.05) is 12.8 Å². The minimum atomic E-state index is -4.63. The van der Waals surface area contributed by atoms with Gasteiger partial charge < -0.3 is 27.9 Å². The number of rotatable bonds is 62. The van der Waals surface area contributed by atoms with Crippen LogP contribution in [-0.4, -0.2) is 70.0 Å². The van der Waals surface area contributed by atoms with Gasteiger partial charge >= 0.3 is 11.9 Å². The van der Waals surface area contributed by atoms with Crippen LogP contribution in [0.4, 0.5) is 0 Å². The molecule has 0 bridgehead atoms. The highest BCUT2D eigenvalue weighted by molar-refractivity contribution is 7.45. The van der Waals surface area contributed by atoms with Crippen molar-refractivity contribution in [3.05, 3.63) is 72.9 Å². The Labute approximate surface area is 495 Å². The molecule has 0 aliphatic carbocycles. The van der Waals surface area contributed by atoms with Crippen LogP contribution in [0, 0.1) is 0 Å². The summed E-state index contributed by atoms with van der Waals surface area (Å²) in [6.45, 7) is 4.16. The van der Waals surface area contributed by atoms with Crippen LogP contribution in [0.3, 0.4) is 0 Å². The Kier molecular flexibility index (Phi) is 59.1. The van der Waals surface area contributed by atoms with Crippen LogP contribution in [0.2, 0.25) is 0 Å². The Morgan fingerprint density at radius 1 is 0.400 bits per heavy atom. The SMILES string of the molecule is CC/C=C\C/C=C\C/C=C\C/C=C\C/C=C\C/C=C\CCCCCCCCCCCCCCCCCCCCCCCCC(=O)OC(COC(=O)CCCCCCCCCCCCCCCCC)COP(=O)([O-])OCC[N+](C)(C)C. The Bertz CT molecular complexity index is 1580. The lowest BCUT2D eigenvalue weighted by molar-refractivity contribution is -0.870. The summed E-state index contributed by atoms with van der Waals surface area (Å²) in [5.74, 6) is -0.817. The summed E-state index contributed by atoms with van der Waals surface area (Å²) in [5.41, 5.74) is 0. The molecule has 466 valence electrons. The van der Waals surface area contributed by atoms with Crippen molar-refractivity contribution in [2.24, 2.45) is 0 Å². The van der Waals surface area contributed by atoms with Gasteiger partial charge in [-0.05, 0) is 64.2 Å². The lowest BCUT2D eigenvalue weighted by Gasteiger charge is -2.28. The van der Waals surface area contributed by atoms with Gasteiger partial charge in [0.15, 0.2) is 6.10 Å². The maximum Gasteiger partial charge on any atom is 0.306 e. The zero-order valence-corrected chi connectivity index (χ0v) is 53.9. The summed E-state index contributed by atoms with van der Waals surface area (Å²) in [4.78, 5) is 37.9. The number of quaternary nitrogens is 1. The highest BCUT2D eigenvalue weighted by Crippen LogP contribution is 2.38. The quantitative estimate of drug-likeness (QED) is 0.0195. The molecule has 0 rings (SSSR count). The zero-order chi connectivity index (χ0) is 58.4. The summed E-state index contributed by atoms with van der Waals surface area (Å²) in [7, 11) is 1.18. The topological polar surface area (TPSA) is 111 Å². The van der Waals surface area contributed by atoms with Gasteiger partial charge in [-0.1, -0.05) is 305 Å². The number of ether oxygens (including phenoxy) is 2. The van der Waals surface area contributed by atoms with Crippen molar-refractivity contribution in [3.8, 4) is 0 Å². The first-order valence-corrected chi connectivity index (χ1v) is 35.1. The molecule has 0 aromatic carbocycles. The van der Waals surface area contributed by atoms with Crippen molar-refractivity contribution in [1.29, 1.82) is 0 Å². The second-order valence-electron chi connectivity index (χ2n) is 23.8. The molecule has 0 aromatic heterocycles. The molecule has 10 heteroatoms. The fourth-order valence-corrected chi connectivity index (χ4v) is 10.3. The molecule has 0 saturated carbocycles. The van der Waals surface area contributed by atoms with Crippen LogP contribution in [-0.2, 0) is 32.7 Å². The second kappa shape index (κ2) is 61.0. The van der Waals surface area contributed by atoms with Gasteiger partial charge in [-0.3, -0.25) is 14.2 Å². The molecule has 0 fully saturated rings. The molecule has 0 radical (unpaired) electrons. The van der Waals surface area contributed by atoms with Crippen LogP contribution in [0.1, 0.15) is 309 Å². The van der Waals surface area contributed by atoms with Crippen LogP contribution in [0.25, 0.3) is 0 Å². The third kappa shape index (κ3) is 64.6. The van der Waals surface area contributed by atoms with Gasteiger partial charge in [-0.25, -0.2) is 0 Å². The molecule has 0 N–H and O–H groups in total. The molecular formula is C70H128NO8P. The van der Waals surface area contributed by atoms with Crippen molar-refractivity contribution < 1.29 is 42.1 Å². The van der Waals surface area contributed by atoms with Crippen LogP contribution < -0.4 is 4.89 Å². The van der Waals surface area contributed by atoms with E-state index < -0.39 is 26.5 Å². The summed E-state index contributed by atoms with van der Waals surface area (Å²) < 4.78 is 34.2. The van der Waals surface area contributed by atoms with E-state index in [2.05, 4.69) is 86.8 Å². The van der Waals surface area contributed by atoms with Crippen molar-refractivity contribution in [1.82, 2.24) is 0 Å². The van der Waals surface area contributed by atoms with E-state index in [0.717, 1.165) is 70.6 Å². The Balaban J connectivity index is 3.90. The third-order valence-electron chi connectivity index (χ3n) is 14.7. The minimum Gasteiger partial charge on any atom is -0.756 e. The first-order valence-electron chi connectivity index (χ1n) is 33.6. The van der Waals surface area contributed by atoms with Crippen molar-refractivity contribution in [2.45, 2.75) is 315 Å². The number of carbonyl (C=O) groups is 2. The van der Waals surface area contributed by atoms with Crippen molar-refractivity contribution in [3.63, 3.8) is 0 Å². The van der Waals surface area contributed by atoms with E-state index in [9.17, 15) is 19.0 Å². The lowest BCUT2D eigenvalue weighted by Crippen LogP contribution is -2.37. The number of esters is 2. The molecule has 0 aliphatic rings. The number of hydrogen-bond acceptors (Lipinski definition) is 8. The number of nitrogens with zero attached hydrogens (tertiary/aromatic N) is 1. The average molecular weight is 1140 g/mol. The Morgan fingerprint density at radius 3 is 1.06 bits per heavy atom. The molecule has 0 heterocycles. The molecule has 0 saturated heterocycles. The molecule has 2 atom stereocenters. The highest BCUT2D eigenvalue weighted by atomic mass is 31.2. The van der Waals surface area contributed by atoms with Gasteiger partial charge in [0.05, 0.1) is 27.7 Å². The van der Waals surface area contributed by atoms with Gasteiger partial charge in [0.25, 0.3) is 7.82 Å². The monoisotopic (exact) mass is 1140 g/mol. The number of phosphoric acid groups is 1. The summed E-state index contributed by atoms with van der Waals surface area (Å²) in [5, 5.41) is 0. The van der Waals surface area contributed by atoms with Gasteiger partial charge in [-0.15, -0.1) is 0 Å². The van der Waals surface area contributed by atoms with E-state index in [1.54, 1.807) is 0 Å². The van der Waals surface area contributed by atoms with E-state index in [4.69, 9.17) is 18.5 Å². The molecule has 80 heavy (non-hydrogen) atoms. The molecule has 0 aromatic rings. The van der Waals surface area contributed by atoms with E-state index in [-0.39, 0.29) is 32.0 Å². The van der Waals surface area contributed by atoms with Gasteiger partial charge in [0.2, 0.25) is 0 Å². The first-order chi connectivity index (χ1) is 39.0. The number of phosphoric ester groups is 1. The van der Waals surface area contributed by atoms with E-state index in [1.807, 2.05) is 21.1 Å². The average Bonchev–Trinajstić information content (AvgIpc) is 3.42.